The molecule has 2 aromatic rings. The number of carbonyl (C=O) groups is 1. The summed E-state index contributed by atoms with van der Waals surface area (Å²) in [5.74, 6) is 1.20. The van der Waals surface area contributed by atoms with Gasteiger partial charge in [0.15, 0.2) is 0 Å². The smallest absolute Gasteiger partial charge is 0.257 e. The van der Waals surface area contributed by atoms with Crippen molar-refractivity contribution >= 4 is 11.9 Å². The molecular formula is C15H19N5O2. The van der Waals surface area contributed by atoms with Crippen molar-refractivity contribution in [1.29, 1.82) is 0 Å². The monoisotopic (exact) mass is 301 g/mol. The maximum atomic E-state index is 12.3. The van der Waals surface area contributed by atoms with Crippen LogP contribution in [-0.2, 0) is 0 Å². The lowest BCUT2D eigenvalue weighted by atomic mass is 10.0. The molecule has 0 radical (unpaired) electrons. The van der Waals surface area contributed by atoms with Gasteiger partial charge in [0.05, 0.1) is 5.69 Å². The largest absolute Gasteiger partial charge is 0.361 e. The van der Waals surface area contributed by atoms with Crippen LogP contribution in [0.2, 0.25) is 0 Å². The molecule has 0 spiro atoms. The molecule has 3 rings (SSSR count). The lowest BCUT2D eigenvalue weighted by Crippen LogP contribution is -2.45. The van der Waals surface area contributed by atoms with Gasteiger partial charge in [0.2, 0.25) is 5.95 Å². The molecule has 1 aliphatic heterocycles. The number of hydrogen-bond acceptors (Lipinski definition) is 6. The summed E-state index contributed by atoms with van der Waals surface area (Å²) in [6, 6.07) is 1.96. The summed E-state index contributed by atoms with van der Waals surface area (Å²) >= 11 is 0. The van der Waals surface area contributed by atoms with Gasteiger partial charge in [0.25, 0.3) is 5.91 Å². The van der Waals surface area contributed by atoms with Crippen molar-refractivity contribution in [2.75, 3.05) is 18.0 Å². The number of hydrogen-bond donors (Lipinski definition) is 1. The Labute approximate surface area is 128 Å². The lowest BCUT2D eigenvalue weighted by molar-refractivity contribution is 0.0929. The second-order valence-corrected chi connectivity index (χ2v) is 5.48. The Bertz CT molecular complexity index is 628. The van der Waals surface area contributed by atoms with Gasteiger partial charge in [-0.25, -0.2) is 9.97 Å². The van der Waals surface area contributed by atoms with E-state index in [1.807, 2.05) is 0 Å². The van der Waals surface area contributed by atoms with Crippen molar-refractivity contribution in [3.63, 3.8) is 0 Å². The summed E-state index contributed by atoms with van der Waals surface area (Å²) in [6.45, 7) is 5.19. The van der Waals surface area contributed by atoms with E-state index in [4.69, 9.17) is 4.52 Å². The third-order valence-corrected chi connectivity index (χ3v) is 3.93. The fourth-order valence-corrected chi connectivity index (χ4v) is 2.74. The molecule has 0 aliphatic carbocycles. The summed E-state index contributed by atoms with van der Waals surface area (Å²) in [5.41, 5.74) is 1.18. The number of aryl methyl sites for hydroxylation is 2. The molecule has 0 saturated carbocycles. The number of aromatic nitrogens is 3. The number of rotatable bonds is 3. The van der Waals surface area contributed by atoms with E-state index in [-0.39, 0.29) is 11.9 Å². The number of amides is 1. The minimum atomic E-state index is -0.106. The molecular weight excluding hydrogens is 282 g/mol. The molecule has 0 bridgehead atoms. The molecule has 1 amide bonds. The number of anilines is 1. The Kier molecular flexibility index (Phi) is 4.04. The topological polar surface area (TPSA) is 84.2 Å². The fourth-order valence-electron chi connectivity index (χ4n) is 2.74. The quantitative estimate of drug-likeness (QED) is 0.924. The van der Waals surface area contributed by atoms with E-state index in [9.17, 15) is 4.79 Å². The van der Waals surface area contributed by atoms with Crippen molar-refractivity contribution in [3.8, 4) is 0 Å². The molecule has 3 heterocycles. The van der Waals surface area contributed by atoms with E-state index in [1.54, 1.807) is 32.3 Å². The number of piperidine rings is 1. The first-order valence-electron chi connectivity index (χ1n) is 7.41. The summed E-state index contributed by atoms with van der Waals surface area (Å²) in [6.07, 6.45) is 5.22. The van der Waals surface area contributed by atoms with Crippen LogP contribution in [0.4, 0.5) is 5.95 Å². The molecule has 1 saturated heterocycles. The van der Waals surface area contributed by atoms with E-state index >= 15 is 0 Å². The van der Waals surface area contributed by atoms with Crippen LogP contribution in [0, 0.1) is 13.8 Å². The van der Waals surface area contributed by atoms with E-state index in [0.717, 1.165) is 31.9 Å². The molecule has 22 heavy (non-hydrogen) atoms. The average molecular weight is 301 g/mol. The third-order valence-electron chi connectivity index (χ3n) is 3.93. The zero-order valence-corrected chi connectivity index (χ0v) is 12.7. The Morgan fingerprint density at radius 3 is 2.55 bits per heavy atom. The van der Waals surface area contributed by atoms with Crippen LogP contribution < -0.4 is 10.2 Å². The molecule has 2 aromatic heterocycles. The summed E-state index contributed by atoms with van der Waals surface area (Å²) in [7, 11) is 0. The minimum Gasteiger partial charge on any atom is -0.361 e. The van der Waals surface area contributed by atoms with Gasteiger partial charge in [0, 0.05) is 31.5 Å². The van der Waals surface area contributed by atoms with Crippen molar-refractivity contribution in [2.24, 2.45) is 0 Å². The molecule has 1 fully saturated rings. The van der Waals surface area contributed by atoms with Crippen LogP contribution in [0.5, 0.6) is 0 Å². The van der Waals surface area contributed by atoms with Crippen molar-refractivity contribution < 1.29 is 9.32 Å². The number of carbonyl (C=O) groups excluding carboxylic acids is 1. The van der Waals surface area contributed by atoms with Gasteiger partial charge in [-0.3, -0.25) is 4.79 Å². The van der Waals surface area contributed by atoms with Gasteiger partial charge in [-0.2, -0.15) is 0 Å². The van der Waals surface area contributed by atoms with Gasteiger partial charge < -0.3 is 14.7 Å². The standard InChI is InChI=1S/C15H19N5O2/c1-10-13(11(2)22-19-10)14(21)18-12-4-8-20(9-5-12)15-16-6-3-7-17-15/h3,6-7,12H,4-5,8-9H2,1-2H3,(H,18,21). The highest BCUT2D eigenvalue weighted by molar-refractivity contribution is 5.96. The predicted octanol–water partition coefficient (Wildman–Crippen LogP) is 1.48. The van der Waals surface area contributed by atoms with E-state index in [2.05, 4.69) is 25.3 Å². The highest BCUT2D eigenvalue weighted by Gasteiger charge is 2.25. The summed E-state index contributed by atoms with van der Waals surface area (Å²) in [4.78, 5) is 23.0. The third kappa shape index (κ3) is 2.93. The van der Waals surface area contributed by atoms with Crippen LogP contribution in [0.25, 0.3) is 0 Å². The molecule has 7 heteroatoms. The first kappa shape index (κ1) is 14.5. The van der Waals surface area contributed by atoms with Gasteiger partial charge in [-0.05, 0) is 32.8 Å². The zero-order chi connectivity index (χ0) is 15.5. The predicted molar refractivity (Wildman–Crippen MR) is 80.7 cm³/mol. The van der Waals surface area contributed by atoms with Crippen LogP contribution >= 0.6 is 0 Å². The van der Waals surface area contributed by atoms with Gasteiger partial charge in [-0.1, -0.05) is 5.16 Å². The Morgan fingerprint density at radius 2 is 1.95 bits per heavy atom. The van der Waals surface area contributed by atoms with Gasteiger partial charge >= 0.3 is 0 Å². The number of nitrogens with one attached hydrogen (secondary N) is 1. The highest BCUT2D eigenvalue weighted by atomic mass is 16.5. The van der Waals surface area contributed by atoms with E-state index in [0.29, 0.717) is 17.0 Å². The van der Waals surface area contributed by atoms with Crippen LogP contribution in [0.3, 0.4) is 0 Å². The van der Waals surface area contributed by atoms with Gasteiger partial charge in [-0.15, -0.1) is 0 Å². The average Bonchev–Trinajstić information content (AvgIpc) is 2.88. The highest BCUT2D eigenvalue weighted by Crippen LogP contribution is 2.17. The van der Waals surface area contributed by atoms with Crippen molar-refractivity contribution in [3.05, 3.63) is 35.5 Å². The maximum Gasteiger partial charge on any atom is 0.257 e. The molecule has 0 aromatic carbocycles. The van der Waals surface area contributed by atoms with Crippen molar-refractivity contribution in [1.82, 2.24) is 20.4 Å². The number of nitrogens with zero attached hydrogens (tertiary/aromatic N) is 4. The summed E-state index contributed by atoms with van der Waals surface area (Å²) in [5, 5.41) is 6.89. The second kappa shape index (κ2) is 6.13. The van der Waals surface area contributed by atoms with Crippen LogP contribution in [0.15, 0.2) is 23.0 Å². The Balaban J connectivity index is 1.57. The molecule has 0 atom stereocenters. The van der Waals surface area contributed by atoms with E-state index in [1.165, 1.54) is 0 Å². The van der Waals surface area contributed by atoms with E-state index < -0.39 is 0 Å². The molecule has 1 N–H and O–H groups in total. The first-order chi connectivity index (χ1) is 10.6. The SMILES string of the molecule is Cc1noc(C)c1C(=O)NC1CCN(c2ncccn2)CC1. The van der Waals surface area contributed by atoms with Crippen molar-refractivity contribution in [2.45, 2.75) is 32.7 Å². The van der Waals surface area contributed by atoms with Crippen LogP contribution in [0.1, 0.15) is 34.7 Å². The normalized spacial score (nSPS) is 15.8. The second-order valence-electron chi connectivity index (χ2n) is 5.48. The fraction of sp³-hybridized carbons (Fsp3) is 0.467. The first-order valence-corrected chi connectivity index (χ1v) is 7.41. The lowest BCUT2D eigenvalue weighted by Gasteiger charge is -2.32. The van der Waals surface area contributed by atoms with Gasteiger partial charge in [0.1, 0.15) is 11.3 Å². The molecule has 1 aliphatic rings. The molecule has 116 valence electrons. The minimum absolute atomic E-state index is 0.106. The Hall–Kier alpha value is -2.44. The Morgan fingerprint density at radius 1 is 1.27 bits per heavy atom. The summed E-state index contributed by atoms with van der Waals surface area (Å²) < 4.78 is 5.04. The maximum absolute atomic E-state index is 12.3. The molecule has 7 nitrogen and oxygen atoms in total. The van der Waals surface area contributed by atoms with Crippen LogP contribution in [-0.4, -0.2) is 40.2 Å². The molecule has 0 unspecified atom stereocenters. The zero-order valence-electron chi connectivity index (χ0n) is 12.7.